The average Bonchev–Trinajstić information content (AvgIpc) is 1.89. The Morgan fingerprint density at radius 1 is 1.50 bits per heavy atom. The number of rotatable bonds is 5. The minimum Gasteiger partial charge on any atom is -0.303 e. The minimum atomic E-state index is -0.109. The molecule has 0 rings (SSSR count). The van der Waals surface area contributed by atoms with Crippen LogP contribution in [0.5, 0.6) is 0 Å². The van der Waals surface area contributed by atoms with E-state index < -0.39 is 0 Å². The topological polar surface area (TPSA) is 17.1 Å². The molecule has 0 spiro atoms. The molecule has 0 bridgehead atoms. The van der Waals surface area contributed by atoms with Gasteiger partial charge in [-0.3, -0.25) is 0 Å². The van der Waals surface area contributed by atoms with Gasteiger partial charge in [-0.25, -0.2) is 0 Å². The molecule has 0 amide bonds. The van der Waals surface area contributed by atoms with Crippen LogP contribution in [0, 0.1) is 5.41 Å². The third-order valence-electron chi connectivity index (χ3n) is 1.41. The first-order valence-corrected chi connectivity index (χ1v) is 4.82. The predicted molar refractivity (Wildman–Crippen MR) is 47.5 cm³/mol. The van der Waals surface area contributed by atoms with Crippen LogP contribution < -0.4 is 0 Å². The monoisotopic (exact) mass is 160 g/mol. The van der Waals surface area contributed by atoms with Gasteiger partial charge in [-0.15, -0.1) is 0 Å². The summed E-state index contributed by atoms with van der Waals surface area (Å²) in [4.78, 5) is 10.4. The van der Waals surface area contributed by atoms with E-state index in [9.17, 15) is 4.79 Å². The van der Waals surface area contributed by atoms with Crippen LogP contribution in [0.2, 0.25) is 0 Å². The molecule has 0 aromatic rings. The van der Waals surface area contributed by atoms with Gasteiger partial charge < -0.3 is 4.79 Å². The quantitative estimate of drug-likeness (QED) is 0.453. The van der Waals surface area contributed by atoms with E-state index in [-0.39, 0.29) is 5.41 Å². The van der Waals surface area contributed by atoms with E-state index in [2.05, 4.69) is 6.92 Å². The molecule has 0 heterocycles. The van der Waals surface area contributed by atoms with E-state index in [0.29, 0.717) is 0 Å². The number of aldehydes is 1. The first-order chi connectivity index (χ1) is 4.62. The molecule has 0 aromatic carbocycles. The fraction of sp³-hybridized carbons (Fsp3) is 0.875. The Kier molecular flexibility index (Phi) is 4.79. The zero-order valence-corrected chi connectivity index (χ0v) is 7.83. The van der Waals surface area contributed by atoms with Gasteiger partial charge in [0, 0.05) is 5.41 Å². The maximum Gasteiger partial charge on any atom is 0.125 e. The van der Waals surface area contributed by atoms with Gasteiger partial charge in [0.15, 0.2) is 0 Å². The fourth-order valence-electron chi connectivity index (χ4n) is 0.538. The van der Waals surface area contributed by atoms with Crippen molar-refractivity contribution >= 4 is 18.0 Å². The first kappa shape index (κ1) is 10.0. The Morgan fingerprint density at radius 3 is 2.50 bits per heavy atom. The van der Waals surface area contributed by atoms with Gasteiger partial charge in [0.1, 0.15) is 6.29 Å². The Morgan fingerprint density at radius 2 is 2.10 bits per heavy atom. The Hall–Kier alpha value is 0.0200. The van der Waals surface area contributed by atoms with Crippen LogP contribution in [-0.4, -0.2) is 17.8 Å². The van der Waals surface area contributed by atoms with E-state index >= 15 is 0 Å². The third kappa shape index (κ3) is 4.86. The van der Waals surface area contributed by atoms with E-state index in [1.807, 2.05) is 25.6 Å². The highest BCUT2D eigenvalue weighted by Gasteiger charge is 2.14. The first-order valence-electron chi connectivity index (χ1n) is 3.66. The lowest BCUT2D eigenvalue weighted by atomic mass is 9.93. The molecule has 0 radical (unpaired) electrons. The largest absolute Gasteiger partial charge is 0.303 e. The van der Waals surface area contributed by atoms with Crippen LogP contribution in [-0.2, 0) is 4.79 Å². The average molecular weight is 160 g/mol. The molecule has 0 unspecified atom stereocenters. The van der Waals surface area contributed by atoms with Crippen molar-refractivity contribution in [2.75, 3.05) is 11.5 Å². The highest BCUT2D eigenvalue weighted by Crippen LogP contribution is 2.19. The molecule has 0 aliphatic carbocycles. The molecule has 0 aliphatic rings. The molecule has 0 saturated carbocycles. The number of hydrogen-bond donors (Lipinski definition) is 0. The summed E-state index contributed by atoms with van der Waals surface area (Å²) in [6, 6.07) is 0. The van der Waals surface area contributed by atoms with Crippen molar-refractivity contribution < 1.29 is 4.79 Å². The van der Waals surface area contributed by atoms with Crippen LogP contribution >= 0.6 is 11.8 Å². The van der Waals surface area contributed by atoms with Gasteiger partial charge in [-0.1, -0.05) is 20.8 Å². The van der Waals surface area contributed by atoms with Crippen LogP contribution in [0.15, 0.2) is 0 Å². The van der Waals surface area contributed by atoms with Crippen molar-refractivity contribution in [3.05, 3.63) is 0 Å². The molecule has 60 valence electrons. The summed E-state index contributed by atoms with van der Waals surface area (Å²) in [7, 11) is 0. The standard InChI is InChI=1S/C8H16OS/c1-4-10-6-5-8(2,3)7-9/h7H,4-6H2,1-3H3. The van der Waals surface area contributed by atoms with Gasteiger partial charge in [0.2, 0.25) is 0 Å². The Balaban J connectivity index is 3.37. The summed E-state index contributed by atoms with van der Waals surface area (Å²) in [5.41, 5.74) is -0.109. The van der Waals surface area contributed by atoms with Crippen molar-refractivity contribution in [1.82, 2.24) is 0 Å². The zero-order chi connectivity index (χ0) is 8.04. The van der Waals surface area contributed by atoms with Crippen molar-refractivity contribution in [2.45, 2.75) is 27.2 Å². The molecule has 0 aliphatic heterocycles. The Labute approximate surface area is 67.6 Å². The summed E-state index contributed by atoms with van der Waals surface area (Å²) in [6.45, 7) is 6.10. The molecule has 2 heteroatoms. The molecule has 1 nitrogen and oxygen atoms in total. The second kappa shape index (κ2) is 4.78. The highest BCUT2D eigenvalue weighted by atomic mass is 32.2. The van der Waals surface area contributed by atoms with E-state index in [1.54, 1.807) is 0 Å². The Bertz CT molecular complexity index is 99.4. The van der Waals surface area contributed by atoms with Crippen molar-refractivity contribution in [3.8, 4) is 0 Å². The predicted octanol–water partition coefficient (Wildman–Crippen LogP) is 2.35. The maximum atomic E-state index is 10.4. The lowest BCUT2D eigenvalue weighted by molar-refractivity contribution is -0.114. The minimum absolute atomic E-state index is 0.109. The molecule has 10 heavy (non-hydrogen) atoms. The maximum absolute atomic E-state index is 10.4. The van der Waals surface area contributed by atoms with Crippen LogP contribution in [0.3, 0.4) is 0 Å². The van der Waals surface area contributed by atoms with Crippen molar-refractivity contribution in [1.29, 1.82) is 0 Å². The number of carbonyl (C=O) groups is 1. The molecule has 0 atom stereocenters. The van der Waals surface area contributed by atoms with Gasteiger partial charge in [-0.2, -0.15) is 11.8 Å². The summed E-state index contributed by atoms with van der Waals surface area (Å²) < 4.78 is 0. The van der Waals surface area contributed by atoms with Gasteiger partial charge in [0.25, 0.3) is 0 Å². The highest BCUT2D eigenvalue weighted by molar-refractivity contribution is 7.99. The SMILES string of the molecule is CCSCCC(C)(C)C=O. The lowest BCUT2D eigenvalue weighted by Crippen LogP contribution is -2.13. The van der Waals surface area contributed by atoms with Crippen molar-refractivity contribution in [2.24, 2.45) is 5.41 Å². The van der Waals surface area contributed by atoms with E-state index in [1.165, 1.54) is 0 Å². The third-order valence-corrected chi connectivity index (χ3v) is 2.31. The summed E-state index contributed by atoms with van der Waals surface area (Å²) in [6.07, 6.45) is 2.04. The summed E-state index contributed by atoms with van der Waals surface area (Å²) in [5.74, 6) is 2.25. The molecular formula is C8H16OS. The van der Waals surface area contributed by atoms with Gasteiger partial charge >= 0.3 is 0 Å². The number of hydrogen-bond acceptors (Lipinski definition) is 2. The number of carbonyl (C=O) groups excluding carboxylic acids is 1. The summed E-state index contributed by atoms with van der Waals surface area (Å²) in [5, 5.41) is 0. The molecule has 0 saturated heterocycles. The normalized spacial score (nSPS) is 11.5. The molecule has 0 fully saturated rings. The second-order valence-electron chi connectivity index (χ2n) is 3.05. The second-order valence-corrected chi connectivity index (χ2v) is 4.45. The van der Waals surface area contributed by atoms with E-state index in [4.69, 9.17) is 0 Å². The molecule has 0 N–H and O–H groups in total. The number of thioether (sulfide) groups is 1. The van der Waals surface area contributed by atoms with Crippen LogP contribution in [0.25, 0.3) is 0 Å². The van der Waals surface area contributed by atoms with Crippen molar-refractivity contribution in [3.63, 3.8) is 0 Å². The zero-order valence-electron chi connectivity index (χ0n) is 7.02. The van der Waals surface area contributed by atoms with Crippen LogP contribution in [0.1, 0.15) is 27.2 Å². The lowest BCUT2D eigenvalue weighted by Gasteiger charge is -2.14. The van der Waals surface area contributed by atoms with Gasteiger partial charge in [0.05, 0.1) is 0 Å². The summed E-state index contributed by atoms with van der Waals surface area (Å²) >= 11 is 1.89. The smallest absolute Gasteiger partial charge is 0.125 e. The van der Waals surface area contributed by atoms with Crippen LogP contribution in [0.4, 0.5) is 0 Å². The molecule has 0 aromatic heterocycles. The van der Waals surface area contributed by atoms with E-state index in [0.717, 1.165) is 24.2 Å². The fourth-order valence-corrected chi connectivity index (χ4v) is 1.50. The van der Waals surface area contributed by atoms with Gasteiger partial charge in [-0.05, 0) is 17.9 Å². The molecular weight excluding hydrogens is 144 g/mol.